The number of carbonyl (C=O) groups excluding carboxylic acids is 1. The Hall–Kier alpha value is -1.98. The molecule has 128 valence electrons. The Kier molecular flexibility index (Phi) is 4.44. The van der Waals surface area contributed by atoms with Crippen molar-refractivity contribution in [2.45, 2.75) is 32.7 Å². The molecule has 3 heterocycles. The van der Waals surface area contributed by atoms with Gasteiger partial charge < -0.3 is 4.90 Å². The second kappa shape index (κ2) is 6.73. The highest BCUT2D eigenvalue weighted by molar-refractivity contribution is 7.11. The highest BCUT2D eigenvalue weighted by Crippen LogP contribution is 2.38. The molecule has 0 radical (unpaired) electrons. The molecule has 5 heteroatoms. The summed E-state index contributed by atoms with van der Waals surface area (Å²) in [6.45, 7) is 4.77. The molecule has 1 aliphatic rings. The van der Waals surface area contributed by atoms with Crippen molar-refractivity contribution in [1.29, 1.82) is 0 Å². The minimum absolute atomic E-state index is 0.0259. The van der Waals surface area contributed by atoms with E-state index in [1.165, 1.54) is 16.0 Å². The minimum atomic E-state index is 0.0259. The van der Waals surface area contributed by atoms with E-state index in [1.807, 2.05) is 19.9 Å². The third kappa shape index (κ3) is 3.14. The third-order valence-corrected chi connectivity index (χ3v) is 6.78. The molecule has 1 atom stereocenters. The van der Waals surface area contributed by atoms with Crippen molar-refractivity contribution in [3.8, 4) is 0 Å². The van der Waals surface area contributed by atoms with E-state index in [2.05, 4.69) is 45.6 Å². The van der Waals surface area contributed by atoms with Crippen molar-refractivity contribution >= 4 is 28.6 Å². The maximum absolute atomic E-state index is 13.2. The van der Waals surface area contributed by atoms with Crippen LogP contribution < -0.4 is 0 Å². The third-order valence-electron chi connectivity index (χ3n) is 4.71. The van der Waals surface area contributed by atoms with Gasteiger partial charge in [0.25, 0.3) is 0 Å². The normalized spacial score (nSPS) is 16.7. The standard InChI is InChI=1S/C20H20N2OS2/c1-13-18(25-14(2)21-13)12-19(23)22-10-8-17-16(9-11-24-17)20(22)15-6-4-3-5-7-15/h3-7,9,11,20H,8,10,12H2,1-2H3/t20-/m0/s1. The van der Waals surface area contributed by atoms with E-state index in [-0.39, 0.29) is 11.9 Å². The van der Waals surface area contributed by atoms with Crippen LogP contribution in [0.3, 0.4) is 0 Å². The number of aryl methyl sites for hydroxylation is 2. The fraction of sp³-hybridized carbons (Fsp3) is 0.300. The van der Waals surface area contributed by atoms with Crippen LogP contribution in [0.25, 0.3) is 0 Å². The molecule has 0 unspecified atom stereocenters. The number of hydrogen-bond acceptors (Lipinski definition) is 4. The fourth-order valence-electron chi connectivity index (χ4n) is 3.56. The number of hydrogen-bond donors (Lipinski definition) is 0. The van der Waals surface area contributed by atoms with Crippen LogP contribution in [-0.4, -0.2) is 22.3 Å². The SMILES string of the molecule is Cc1nc(C)c(CC(=O)N2CCc3sccc3[C@@H]2c2ccccc2)s1. The van der Waals surface area contributed by atoms with Gasteiger partial charge in [-0.15, -0.1) is 22.7 Å². The van der Waals surface area contributed by atoms with Crippen molar-refractivity contribution < 1.29 is 4.79 Å². The molecule has 25 heavy (non-hydrogen) atoms. The maximum atomic E-state index is 13.2. The number of aromatic nitrogens is 1. The van der Waals surface area contributed by atoms with Gasteiger partial charge in [-0.2, -0.15) is 0 Å². The lowest BCUT2D eigenvalue weighted by Crippen LogP contribution is -2.40. The Morgan fingerprint density at radius 2 is 2.04 bits per heavy atom. The predicted molar refractivity (Wildman–Crippen MR) is 103 cm³/mol. The topological polar surface area (TPSA) is 33.2 Å². The van der Waals surface area contributed by atoms with Gasteiger partial charge >= 0.3 is 0 Å². The molecule has 0 fully saturated rings. The number of thiophene rings is 1. The first-order valence-corrected chi connectivity index (χ1v) is 10.2. The van der Waals surface area contributed by atoms with E-state index in [0.29, 0.717) is 6.42 Å². The van der Waals surface area contributed by atoms with Crippen LogP contribution in [0.4, 0.5) is 0 Å². The summed E-state index contributed by atoms with van der Waals surface area (Å²) in [5.41, 5.74) is 3.46. The van der Waals surface area contributed by atoms with Crippen LogP contribution in [0.2, 0.25) is 0 Å². The zero-order valence-electron chi connectivity index (χ0n) is 14.4. The Morgan fingerprint density at radius 1 is 1.24 bits per heavy atom. The van der Waals surface area contributed by atoms with Crippen LogP contribution in [0.5, 0.6) is 0 Å². The number of thiazole rings is 1. The predicted octanol–water partition coefficient (Wildman–Crippen LogP) is 4.54. The highest BCUT2D eigenvalue weighted by atomic mass is 32.1. The van der Waals surface area contributed by atoms with E-state index < -0.39 is 0 Å². The van der Waals surface area contributed by atoms with Gasteiger partial charge in [-0.3, -0.25) is 4.79 Å². The van der Waals surface area contributed by atoms with Crippen molar-refractivity contribution in [2.24, 2.45) is 0 Å². The molecule has 0 N–H and O–H groups in total. The fourth-order valence-corrected chi connectivity index (χ4v) is 5.39. The van der Waals surface area contributed by atoms with Gasteiger partial charge in [0.1, 0.15) is 0 Å². The van der Waals surface area contributed by atoms with Gasteiger partial charge in [-0.25, -0.2) is 4.98 Å². The van der Waals surface area contributed by atoms with Crippen LogP contribution in [0, 0.1) is 13.8 Å². The number of amides is 1. The summed E-state index contributed by atoms with van der Waals surface area (Å²) >= 11 is 3.44. The smallest absolute Gasteiger partial charge is 0.228 e. The van der Waals surface area contributed by atoms with Crippen LogP contribution >= 0.6 is 22.7 Å². The van der Waals surface area contributed by atoms with E-state index in [4.69, 9.17) is 0 Å². The lowest BCUT2D eigenvalue weighted by atomic mass is 9.93. The van der Waals surface area contributed by atoms with Gasteiger partial charge in [0.15, 0.2) is 0 Å². The van der Waals surface area contributed by atoms with Crippen LogP contribution in [0.15, 0.2) is 41.8 Å². The molecule has 0 aliphatic carbocycles. The molecule has 3 aromatic rings. The van der Waals surface area contributed by atoms with Gasteiger partial charge in [0, 0.05) is 16.3 Å². The number of carbonyl (C=O) groups is 1. The Morgan fingerprint density at radius 3 is 2.76 bits per heavy atom. The summed E-state index contributed by atoms with van der Waals surface area (Å²) in [5, 5.41) is 3.17. The number of nitrogens with zero attached hydrogens (tertiary/aromatic N) is 2. The second-order valence-corrected chi connectivity index (χ2v) is 8.66. The Balaban J connectivity index is 1.68. The summed E-state index contributed by atoms with van der Waals surface area (Å²) in [5.74, 6) is 0.192. The number of fused-ring (bicyclic) bond motifs is 1. The molecule has 2 aromatic heterocycles. The first-order valence-electron chi connectivity index (χ1n) is 8.47. The molecule has 1 aromatic carbocycles. The molecule has 1 amide bonds. The molecule has 4 rings (SSSR count). The van der Waals surface area contributed by atoms with Crippen LogP contribution in [0.1, 0.15) is 37.6 Å². The minimum Gasteiger partial charge on any atom is -0.331 e. The Labute approximate surface area is 156 Å². The average molecular weight is 369 g/mol. The largest absolute Gasteiger partial charge is 0.331 e. The lowest BCUT2D eigenvalue weighted by molar-refractivity contribution is -0.132. The maximum Gasteiger partial charge on any atom is 0.228 e. The van der Waals surface area contributed by atoms with E-state index >= 15 is 0 Å². The molecular formula is C20H20N2OS2. The first-order chi connectivity index (χ1) is 12.1. The van der Waals surface area contributed by atoms with Gasteiger partial charge in [-0.1, -0.05) is 30.3 Å². The summed E-state index contributed by atoms with van der Waals surface area (Å²) in [6, 6.07) is 12.6. The summed E-state index contributed by atoms with van der Waals surface area (Å²) < 4.78 is 0. The van der Waals surface area contributed by atoms with Crippen molar-refractivity contribution in [3.63, 3.8) is 0 Å². The molecule has 0 spiro atoms. The zero-order chi connectivity index (χ0) is 17.4. The van der Waals surface area contributed by atoms with Crippen molar-refractivity contribution in [1.82, 2.24) is 9.88 Å². The highest BCUT2D eigenvalue weighted by Gasteiger charge is 2.32. The zero-order valence-corrected chi connectivity index (χ0v) is 16.0. The lowest BCUT2D eigenvalue weighted by Gasteiger charge is -2.36. The summed E-state index contributed by atoms with van der Waals surface area (Å²) in [4.78, 5) is 22.2. The quantitative estimate of drug-likeness (QED) is 0.680. The Bertz CT molecular complexity index is 898. The monoisotopic (exact) mass is 368 g/mol. The molecule has 3 nitrogen and oxygen atoms in total. The van der Waals surface area contributed by atoms with E-state index in [0.717, 1.165) is 28.5 Å². The van der Waals surface area contributed by atoms with E-state index in [1.54, 1.807) is 22.7 Å². The molecular weight excluding hydrogens is 348 g/mol. The molecule has 0 saturated heterocycles. The average Bonchev–Trinajstić information content (AvgIpc) is 3.20. The van der Waals surface area contributed by atoms with Crippen LogP contribution in [-0.2, 0) is 17.6 Å². The molecule has 0 saturated carbocycles. The van der Waals surface area contributed by atoms with Gasteiger partial charge in [0.2, 0.25) is 5.91 Å². The molecule has 1 aliphatic heterocycles. The van der Waals surface area contributed by atoms with Gasteiger partial charge in [0.05, 0.1) is 23.2 Å². The summed E-state index contributed by atoms with van der Waals surface area (Å²) in [7, 11) is 0. The van der Waals surface area contributed by atoms with Crippen molar-refractivity contribution in [3.05, 3.63) is 73.4 Å². The number of benzene rings is 1. The van der Waals surface area contributed by atoms with Gasteiger partial charge in [-0.05, 0) is 42.8 Å². The number of rotatable bonds is 3. The first kappa shape index (κ1) is 16.5. The van der Waals surface area contributed by atoms with Crippen molar-refractivity contribution in [2.75, 3.05) is 6.54 Å². The summed E-state index contributed by atoms with van der Waals surface area (Å²) in [6.07, 6.45) is 1.39. The second-order valence-electron chi connectivity index (χ2n) is 6.37. The van der Waals surface area contributed by atoms with E-state index in [9.17, 15) is 4.79 Å². The molecule has 0 bridgehead atoms.